The van der Waals surface area contributed by atoms with E-state index in [2.05, 4.69) is 10.3 Å². The van der Waals surface area contributed by atoms with Crippen LogP contribution >= 0.6 is 0 Å². The molecule has 0 bridgehead atoms. The van der Waals surface area contributed by atoms with Crippen LogP contribution in [0.2, 0.25) is 0 Å². The Hall–Kier alpha value is -2.30. The van der Waals surface area contributed by atoms with Crippen molar-refractivity contribution in [2.75, 3.05) is 5.32 Å². The summed E-state index contributed by atoms with van der Waals surface area (Å²) in [6.07, 6.45) is 0. The zero-order chi connectivity index (χ0) is 13.1. The molecule has 0 aliphatic heterocycles. The standard InChI is InChI=1S/C13H14N2O3/c1-8-3-5-11(9(2)15-8)14-7-10-4-6-12(18-10)13(16)17/h3-6,14H,7H2,1-2H3,(H,16,17). The minimum Gasteiger partial charge on any atom is -0.475 e. The smallest absolute Gasteiger partial charge is 0.371 e. The summed E-state index contributed by atoms with van der Waals surface area (Å²) in [6, 6.07) is 6.95. The van der Waals surface area contributed by atoms with Crippen molar-refractivity contribution in [3.63, 3.8) is 0 Å². The Morgan fingerprint density at radius 2 is 2.11 bits per heavy atom. The van der Waals surface area contributed by atoms with E-state index in [1.54, 1.807) is 6.07 Å². The molecule has 0 atom stereocenters. The predicted octanol–water partition coefficient (Wildman–Crippen LogP) is 2.60. The van der Waals surface area contributed by atoms with Gasteiger partial charge in [0.25, 0.3) is 0 Å². The van der Waals surface area contributed by atoms with Gasteiger partial charge in [0.05, 0.1) is 17.9 Å². The molecule has 0 aromatic carbocycles. The number of nitrogens with zero attached hydrogens (tertiary/aromatic N) is 1. The summed E-state index contributed by atoms with van der Waals surface area (Å²) in [5.74, 6) is -0.535. The largest absolute Gasteiger partial charge is 0.475 e. The minimum absolute atomic E-state index is 0.0504. The SMILES string of the molecule is Cc1ccc(NCc2ccc(C(=O)O)o2)c(C)n1. The lowest BCUT2D eigenvalue weighted by Crippen LogP contribution is -2.02. The number of anilines is 1. The van der Waals surface area contributed by atoms with E-state index in [1.165, 1.54) is 6.07 Å². The van der Waals surface area contributed by atoms with Crippen molar-refractivity contribution in [3.8, 4) is 0 Å². The van der Waals surface area contributed by atoms with Gasteiger partial charge < -0.3 is 14.8 Å². The van der Waals surface area contributed by atoms with Crippen LogP contribution in [0.5, 0.6) is 0 Å². The Bertz CT molecular complexity index is 575. The van der Waals surface area contributed by atoms with Gasteiger partial charge in [-0.1, -0.05) is 0 Å². The van der Waals surface area contributed by atoms with Gasteiger partial charge in [0, 0.05) is 5.69 Å². The number of rotatable bonds is 4. The van der Waals surface area contributed by atoms with E-state index >= 15 is 0 Å². The zero-order valence-corrected chi connectivity index (χ0v) is 10.2. The van der Waals surface area contributed by atoms with E-state index in [-0.39, 0.29) is 5.76 Å². The fourth-order valence-corrected chi connectivity index (χ4v) is 1.64. The maximum Gasteiger partial charge on any atom is 0.371 e. The third-order valence-electron chi connectivity index (χ3n) is 2.55. The maximum atomic E-state index is 10.7. The van der Waals surface area contributed by atoms with E-state index in [0.29, 0.717) is 12.3 Å². The number of carbonyl (C=O) groups is 1. The van der Waals surface area contributed by atoms with E-state index < -0.39 is 5.97 Å². The Morgan fingerprint density at radius 1 is 1.33 bits per heavy atom. The van der Waals surface area contributed by atoms with Crippen molar-refractivity contribution in [1.82, 2.24) is 4.98 Å². The van der Waals surface area contributed by atoms with Crippen molar-refractivity contribution in [3.05, 3.63) is 47.2 Å². The number of aryl methyl sites for hydroxylation is 2. The van der Waals surface area contributed by atoms with Gasteiger partial charge in [0.15, 0.2) is 0 Å². The molecule has 0 aliphatic carbocycles. The summed E-state index contributed by atoms with van der Waals surface area (Å²) in [4.78, 5) is 15.0. The van der Waals surface area contributed by atoms with Crippen LogP contribution in [0, 0.1) is 13.8 Å². The van der Waals surface area contributed by atoms with Gasteiger partial charge in [0.1, 0.15) is 5.76 Å². The topological polar surface area (TPSA) is 75.4 Å². The monoisotopic (exact) mass is 246 g/mol. The molecular formula is C13H14N2O3. The van der Waals surface area contributed by atoms with Crippen LogP contribution in [0.25, 0.3) is 0 Å². The van der Waals surface area contributed by atoms with Crippen LogP contribution in [0.3, 0.4) is 0 Å². The molecule has 0 saturated heterocycles. The van der Waals surface area contributed by atoms with Crippen LogP contribution in [-0.2, 0) is 6.54 Å². The molecule has 2 aromatic rings. The van der Waals surface area contributed by atoms with E-state index in [4.69, 9.17) is 9.52 Å². The highest BCUT2D eigenvalue weighted by atomic mass is 16.4. The fraction of sp³-hybridized carbons (Fsp3) is 0.231. The summed E-state index contributed by atoms with van der Waals surface area (Å²) in [7, 11) is 0. The van der Waals surface area contributed by atoms with Crippen molar-refractivity contribution in [2.24, 2.45) is 0 Å². The maximum absolute atomic E-state index is 10.7. The molecule has 0 spiro atoms. The summed E-state index contributed by atoms with van der Waals surface area (Å²) in [6.45, 7) is 4.28. The fourth-order valence-electron chi connectivity index (χ4n) is 1.64. The Labute approximate surface area is 104 Å². The molecule has 0 saturated carbocycles. The molecule has 0 unspecified atom stereocenters. The first-order valence-electron chi connectivity index (χ1n) is 5.56. The molecular weight excluding hydrogens is 232 g/mol. The van der Waals surface area contributed by atoms with Crippen LogP contribution in [0.4, 0.5) is 5.69 Å². The number of aromatic nitrogens is 1. The van der Waals surface area contributed by atoms with Crippen LogP contribution in [0.15, 0.2) is 28.7 Å². The van der Waals surface area contributed by atoms with E-state index in [9.17, 15) is 4.79 Å². The highest BCUT2D eigenvalue weighted by Crippen LogP contribution is 2.15. The van der Waals surface area contributed by atoms with Crippen LogP contribution in [0.1, 0.15) is 27.7 Å². The molecule has 2 N–H and O–H groups in total. The van der Waals surface area contributed by atoms with Gasteiger partial charge in [-0.2, -0.15) is 0 Å². The number of carboxylic acids is 1. The van der Waals surface area contributed by atoms with Crippen molar-refractivity contribution in [2.45, 2.75) is 20.4 Å². The molecule has 0 radical (unpaired) electrons. The van der Waals surface area contributed by atoms with Crippen molar-refractivity contribution in [1.29, 1.82) is 0 Å². The van der Waals surface area contributed by atoms with Crippen LogP contribution < -0.4 is 5.32 Å². The number of pyridine rings is 1. The lowest BCUT2D eigenvalue weighted by molar-refractivity contribution is 0.0660. The molecule has 2 heterocycles. The number of hydrogen-bond acceptors (Lipinski definition) is 4. The first-order valence-corrected chi connectivity index (χ1v) is 5.56. The first-order chi connectivity index (χ1) is 8.56. The molecule has 0 amide bonds. The Balaban J connectivity index is 2.04. The summed E-state index contributed by atoms with van der Waals surface area (Å²) >= 11 is 0. The average molecular weight is 246 g/mol. The normalized spacial score (nSPS) is 10.3. The Kier molecular flexibility index (Phi) is 3.32. The number of hydrogen-bond donors (Lipinski definition) is 2. The predicted molar refractivity (Wildman–Crippen MR) is 66.7 cm³/mol. The molecule has 2 rings (SSSR count). The lowest BCUT2D eigenvalue weighted by Gasteiger charge is -2.07. The minimum atomic E-state index is -1.06. The number of aromatic carboxylic acids is 1. The second-order valence-electron chi connectivity index (χ2n) is 4.01. The lowest BCUT2D eigenvalue weighted by atomic mass is 10.2. The summed E-state index contributed by atoms with van der Waals surface area (Å²) < 4.78 is 5.15. The molecule has 5 heteroatoms. The molecule has 94 valence electrons. The second-order valence-corrected chi connectivity index (χ2v) is 4.01. The summed E-state index contributed by atoms with van der Waals surface area (Å²) in [5.41, 5.74) is 2.78. The third-order valence-corrected chi connectivity index (χ3v) is 2.55. The number of furan rings is 1. The molecule has 5 nitrogen and oxygen atoms in total. The first kappa shape index (κ1) is 12.2. The van der Waals surface area contributed by atoms with Gasteiger partial charge in [0.2, 0.25) is 5.76 Å². The molecule has 2 aromatic heterocycles. The third kappa shape index (κ3) is 2.68. The highest BCUT2D eigenvalue weighted by Gasteiger charge is 2.08. The number of nitrogens with one attached hydrogen (secondary N) is 1. The molecule has 0 fully saturated rings. The van der Waals surface area contributed by atoms with E-state index in [0.717, 1.165) is 17.1 Å². The van der Waals surface area contributed by atoms with Crippen molar-refractivity contribution < 1.29 is 14.3 Å². The van der Waals surface area contributed by atoms with Gasteiger partial charge in [-0.25, -0.2) is 4.79 Å². The quantitative estimate of drug-likeness (QED) is 0.867. The zero-order valence-electron chi connectivity index (χ0n) is 10.2. The molecule has 0 aliphatic rings. The van der Waals surface area contributed by atoms with Gasteiger partial charge >= 0.3 is 5.97 Å². The molecule has 18 heavy (non-hydrogen) atoms. The van der Waals surface area contributed by atoms with Gasteiger partial charge in [-0.05, 0) is 38.1 Å². The summed E-state index contributed by atoms with van der Waals surface area (Å²) in [5, 5.41) is 11.9. The van der Waals surface area contributed by atoms with Crippen molar-refractivity contribution >= 4 is 11.7 Å². The average Bonchev–Trinajstić information content (AvgIpc) is 2.76. The van der Waals surface area contributed by atoms with Crippen LogP contribution in [-0.4, -0.2) is 16.1 Å². The van der Waals surface area contributed by atoms with E-state index in [1.807, 2.05) is 26.0 Å². The van der Waals surface area contributed by atoms with Gasteiger partial charge in [-0.15, -0.1) is 0 Å². The number of carboxylic acid groups (broad SMARTS) is 1. The second kappa shape index (κ2) is 4.91. The highest BCUT2D eigenvalue weighted by molar-refractivity contribution is 5.84. The Morgan fingerprint density at radius 3 is 2.72 bits per heavy atom. The van der Waals surface area contributed by atoms with Gasteiger partial charge in [-0.3, -0.25) is 4.98 Å².